The minimum Gasteiger partial charge on any atom is -0.398 e. The summed E-state index contributed by atoms with van der Waals surface area (Å²) < 4.78 is 0. The van der Waals surface area contributed by atoms with Crippen molar-refractivity contribution in [3.05, 3.63) is 40.8 Å². The molecule has 0 heterocycles. The molecule has 0 aliphatic carbocycles. The van der Waals surface area contributed by atoms with Gasteiger partial charge in [0.25, 0.3) is 0 Å². The zero-order valence-electron chi connectivity index (χ0n) is 8.41. The van der Waals surface area contributed by atoms with Gasteiger partial charge in [-0.3, -0.25) is 0 Å². The molecule has 1 aromatic carbocycles. The van der Waals surface area contributed by atoms with Crippen molar-refractivity contribution in [2.75, 3.05) is 0 Å². The maximum Gasteiger partial charge on any atom is 0.0449 e. The number of hydrogen-bond donors (Lipinski definition) is 2. The number of rotatable bonds is 1. The third-order valence-corrected chi connectivity index (χ3v) is 1.80. The van der Waals surface area contributed by atoms with Gasteiger partial charge in [0, 0.05) is 5.70 Å². The molecule has 0 aromatic heterocycles. The molecule has 0 unspecified atom stereocenters. The summed E-state index contributed by atoms with van der Waals surface area (Å²) in [7, 11) is 0. The Hall–Kier alpha value is -0.890. The maximum absolute atomic E-state index is 5.63. The SMILES string of the molecule is CC.Cc1ccc(/C(N)=C/S)cc1. The van der Waals surface area contributed by atoms with Gasteiger partial charge < -0.3 is 5.73 Å². The van der Waals surface area contributed by atoms with E-state index in [-0.39, 0.29) is 0 Å². The van der Waals surface area contributed by atoms with Crippen molar-refractivity contribution in [3.8, 4) is 0 Å². The van der Waals surface area contributed by atoms with Gasteiger partial charge in [-0.25, -0.2) is 0 Å². The lowest BCUT2D eigenvalue weighted by molar-refractivity contribution is 1.43. The first-order valence-electron chi connectivity index (χ1n) is 4.41. The van der Waals surface area contributed by atoms with Crippen LogP contribution in [0.4, 0.5) is 0 Å². The molecule has 0 radical (unpaired) electrons. The number of hydrogen-bond acceptors (Lipinski definition) is 2. The second-order valence-corrected chi connectivity index (χ2v) is 2.71. The van der Waals surface area contributed by atoms with Crippen LogP contribution < -0.4 is 5.73 Å². The van der Waals surface area contributed by atoms with Crippen molar-refractivity contribution in [1.29, 1.82) is 0 Å². The third kappa shape index (κ3) is 4.04. The highest BCUT2D eigenvalue weighted by atomic mass is 32.1. The van der Waals surface area contributed by atoms with Gasteiger partial charge in [0.2, 0.25) is 0 Å². The molecule has 1 rings (SSSR count). The van der Waals surface area contributed by atoms with E-state index in [1.165, 1.54) is 5.56 Å². The Kier molecular flexibility index (Phi) is 6.15. The van der Waals surface area contributed by atoms with E-state index in [9.17, 15) is 0 Å². The van der Waals surface area contributed by atoms with Gasteiger partial charge in [-0.15, -0.1) is 12.6 Å². The van der Waals surface area contributed by atoms with E-state index >= 15 is 0 Å². The molecule has 0 saturated heterocycles. The van der Waals surface area contributed by atoms with Crippen LogP contribution >= 0.6 is 12.6 Å². The summed E-state index contributed by atoms with van der Waals surface area (Å²) in [6.45, 7) is 6.05. The quantitative estimate of drug-likeness (QED) is 0.661. The molecule has 0 saturated carbocycles. The van der Waals surface area contributed by atoms with Crippen molar-refractivity contribution in [3.63, 3.8) is 0 Å². The Morgan fingerprint density at radius 2 is 1.69 bits per heavy atom. The minimum atomic E-state index is 0.702. The van der Waals surface area contributed by atoms with Crippen LogP contribution in [0.5, 0.6) is 0 Å². The summed E-state index contributed by atoms with van der Waals surface area (Å²) in [6.07, 6.45) is 0. The van der Waals surface area contributed by atoms with Gasteiger partial charge in [0.1, 0.15) is 0 Å². The average Bonchev–Trinajstić information content (AvgIpc) is 2.21. The number of thiol groups is 1. The molecular weight excluding hydrogens is 178 g/mol. The normalized spacial score (nSPS) is 10.3. The predicted octanol–water partition coefficient (Wildman–Crippen LogP) is 3.21. The summed E-state index contributed by atoms with van der Waals surface area (Å²) in [5, 5.41) is 1.60. The molecule has 0 bridgehead atoms. The fourth-order valence-electron chi connectivity index (χ4n) is 0.821. The Balaban J connectivity index is 0.000000671. The van der Waals surface area contributed by atoms with Gasteiger partial charge in [0.05, 0.1) is 0 Å². The van der Waals surface area contributed by atoms with E-state index in [4.69, 9.17) is 5.73 Å². The van der Waals surface area contributed by atoms with Crippen LogP contribution in [-0.2, 0) is 0 Å². The summed E-state index contributed by atoms with van der Waals surface area (Å²) in [5.41, 5.74) is 8.59. The summed E-state index contributed by atoms with van der Waals surface area (Å²) >= 11 is 3.97. The Labute approximate surface area is 86.1 Å². The molecule has 2 N–H and O–H groups in total. The lowest BCUT2D eigenvalue weighted by Crippen LogP contribution is -1.94. The van der Waals surface area contributed by atoms with Gasteiger partial charge in [0.15, 0.2) is 0 Å². The van der Waals surface area contributed by atoms with Gasteiger partial charge >= 0.3 is 0 Å². The largest absolute Gasteiger partial charge is 0.398 e. The van der Waals surface area contributed by atoms with Crippen LogP contribution in [0, 0.1) is 6.92 Å². The summed E-state index contributed by atoms with van der Waals surface area (Å²) in [5.74, 6) is 0. The monoisotopic (exact) mass is 195 g/mol. The predicted molar refractivity (Wildman–Crippen MR) is 63.7 cm³/mol. The molecule has 0 aliphatic heterocycles. The lowest BCUT2D eigenvalue weighted by atomic mass is 10.1. The Morgan fingerprint density at radius 3 is 2.08 bits per heavy atom. The molecule has 1 nitrogen and oxygen atoms in total. The first kappa shape index (κ1) is 12.1. The molecule has 0 fully saturated rings. The third-order valence-electron chi connectivity index (χ3n) is 1.52. The zero-order chi connectivity index (χ0) is 10.3. The van der Waals surface area contributed by atoms with Crippen LogP contribution in [-0.4, -0.2) is 0 Å². The molecule has 0 aliphatic rings. The van der Waals surface area contributed by atoms with E-state index in [0.29, 0.717) is 5.70 Å². The molecule has 13 heavy (non-hydrogen) atoms. The summed E-state index contributed by atoms with van der Waals surface area (Å²) in [4.78, 5) is 0. The average molecular weight is 195 g/mol. The molecule has 0 amide bonds. The van der Waals surface area contributed by atoms with E-state index in [2.05, 4.69) is 12.6 Å². The smallest absolute Gasteiger partial charge is 0.0449 e. The van der Waals surface area contributed by atoms with Gasteiger partial charge in [-0.05, 0) is 17.9 Å². The summed E-state index contributed by atoms with van der Waals surface area (Å²) in [6, 6.07) is 8.02. The van der Waals surface area contributed by atoms with Crippen LogP contribution in [0.2, 0.25) is 0 Å². The van der Waals surface area contributed by atoms with Crippen LogP contribution in [0.15, 0.2) is 29.7 Å². The highest BCUT2D eigenvalue weighted by molar-refractivity contribution is 7.83. The van der Waals surface area contributed by atoms with Crippen molar-refractivity contribution < 1.29 is 0 Å². The van der Waals surface area contributed by atoms with Crippen molar-refractivity contribution >= 4 is 18.3 Å². The number of benzene rings is 1. The molecule has 1 aromatic rings. The molecule has 0 atom stereocenters. The van der Waals surface area contributed by atoms with Crippen molar-refractivity contribution in [2.45, 2.75) is 20.8 Å². The van der Waals surface area contributed by atoms with Crippen LogP contribution in [0.3, 0.4) is 0 Å². The van der Waals surface area contributed by atoms with Crippen LogP contribution in [0.25, 0.3) is 5.70 Å². The first-order chi connectivity index (χ1) is 6.24. The van der Waals surface area contributed by atoms with E-state index in [0.717, 1.165) is 5.56 Å². The standard InChI is InChI=1S/C9H11NS.C2H6/c1-7-2-4-8(5-3-7)9(10)6-11;1-2/h2-6,11H,10H2,1H3;1-2H3/b9-6-;. The topological polar surface area (TPSA) is 26.0 Å². The highest BCUT2D eigenvalue weighted by Gasteiger charge is 1.92. The number of nitrogens with two attached hydrogens (primary N) is 1. The fourth-order valence-corrected chi connectivity index (χ4v) is 0.970. The Morgan fingerprint density at radius 1 is 1.23 bits per heavy atom. The van der Waals surface area contributed by atoms with Crippen molar-refractivity contribution in [1.82, 2.24) is 0 Å². The first-order valence-corrected chi connectivity index (χ1v) is 4.92. The second-order valence-electron chi connectivity index (χ2n) is 2.45. The molecule has 72 valence electrons. The second kappa shape index (κ2) is 6.61. The van der Waals surface area contributed by atoms with Crippen molar-refractivity contribution in [2.24, 2.45) is 5.73 Å². The maximum atomic E-state index is 5.63. The number of aryl methyl sites for hydroxylation is 1. The Bertz CT molecular complexity index is 262. The van der Waals surface area contributed by atoms with E-state index in [1.54, 1.807) is 5.41 Å². The molecular formula is C11H17NS. The van der Waals surface area contributed by atoms with Crippen LogP contribution in [0.1, 0.15) is 25.0 Å². The fraction of sp³-hybridized carbons (Fsp3) is 0.273. The highest BCUT2D eigenvalue weighted by Crippen LogP contribution is 2.10. The minimum absolute atomic E-state index is 0.702. The van der Waals surface area contributed by atoms with E-state index < -0.39 is 0 Å². The molecule has 0 spiro atoms. The molecule has 2 heteroatoms. The van der Waals surface area contributed by atoms with E-state index in [1.807, 2.05) is 45.0 Å². The zero-order valence-corrected chi connectivity index (χ0v) is 9.31. The lowest BCUT2D eigenvalue weighted by Gasteiger charge is -1.99. The van der Waals surface area contributed by atoms with Gasteiger partial charge in [-0.2, -0.15) is 0 Å². The van der Waals surface area contributed by atoms with Gasteiger partial charge in [-0.1, -0.05) is 43.7 Å².